The first kappa shape index (κ1) is 34.4. The van der Waals surface area contributed by atoms with Gasteiger partial charge in [0, 0.05) is 30.1 Å². The van der Waals surface area contributed by atoms with Crippen LogP contribution >= 0.6 is 18.2 Å². The molecule has 0 radical (unpaired) electrons. The van der Waals surface area contributed by atoms with Crippen LogP contribution in [0.1, 0.15) is 26.5 Å². The summed E-state index contributed by atoms with van der Waals surface area (Å²) < 4.78 is 55.3. The molecule has 0 aromatic carbocycles. The molecule has 3 aromatic rings. The molecule has 0 amide bonds. The van der Waals surface area contributed by atoms with Gasteiger partial charge >= 0.3 is 18.6 Å². The zero-order valence-electron chi connectivity index (χ0n) is 25.2. The van der Waals surface area contributed by atoms with Crippen molar-refractivity contribution in [3.63, 3.8) is 0 Å². The molecule has 1 saturated heterocycles. The summed E-state index contributed by atoms with van der Waals surface area (Å²) in [4.78, 5) is 50.4. The van der Waals surface area contributed by atoms with Gasteiger partial charge in [0.15, 0.2) is 35.4 Å². The minimum absolute atomic E-state index is 0.0861. The van der Waals surface area contributed by atoms with Crippen molar-refractivity contribution in [3.05, 3.63) is 51.5 Å². The zero-order valence-corrected chi connectivity index (χ0v) is 26.9. The van der Waals surface area contributed by atoms with Crippen LogP contribution in [0.15, 0.2) is 40.3 Å². The van der Waals surface area contributed by atoms with Crippen molar-refractivity contribution in [1.82, 2.24) is 29.1 Å². The van der Waals surface area contributed by atoms with Crippen LogP contribution in [0.2, 0.25) is 0 Å². The van der Waals surface area contributed by atoms with Crippen LogP contribution in [-0.2, 0) is 37.3 Å². The fourth-order valence-electron chi connectivity index (χ4n) is 4.64. The second kappa shape index (κ2) is 14.4. The van der Waals surface area contributed by atoms with E-state index in [1.807, 2.05) is 0 Å². The van der Waals surface area contributed by atoms with Crippen molar-refractivity contribution < 1.29 is 52.3 Å². The molecule has 1 fully saturated rings. The Labute approximate surface area is 269 Å². The molecule has 2 aliphatic heterocycles. The number of aliphatic hydroxyl groups excluding tert-OH is 2. The number of H-pyrrole nitrogens is 1. The maximum absolute atomic E-state index is 14.2. The third-order valence-electron chi connectivity index (χ3n) is 6.77. The van der Waals surface area contributed by atoms with Crippen molar-refractivity contribution in [2.75, 3.05) is 32.0 Å². The van der Waals surface area contributed by atoms with E-state index in [1.54, 1.807) is 18.4 Å². The molecule has 2 aliphatic rings. The van der Waals surface area contributed by atoms with Crippen molar-refractivity contribution in [3.8, 4) is 0 Å². The summed E-state index contributed by atoms with van der Waals surface area (Å²) in [6, 6.07) is 1.05. The molecule has 3 unspecified atom stereocenters. The van der Waals surface area contributed by atoms with Gasteiger partial charge in [-0.05, 0) is 13.8 Å². The van der Waals surface area contributed by atoms with Gasteiger partial charge in [0.05, 0.1) is 38.9 Å². The highest BCUT2D eigenvalue weighted by Crippen LogP contribution is 2.63. The van der Waals surface area contributed by atoms with Gasteiger partial charge < -0.3 is 39.6 Å². The average Bonchev–Trinajstić information content (AvgIpc) is 3.71. The average molecular weight is 702 g/mol. The summed E-state index contributed by atoms with van der Waals surface area (Å²) in [5.74, 6) is -0.817. The van der Waals surface area contributed by atoms with Gasteiger partial charge in [-0.2, -0.15) is 0 Å². The number of anilines is 1. The van der Waals surface area contributed by atoms with Crippen molar-refractivity contribution in [1.29, 1.82) is 0 Å². The number of nitrogens with zero attached hydrogens (tertiary/aromatic N) is 5. The predicted molar refractivity (Wildman–Crippen MR) is 161 cm³/mol. The number of hydrogen-bond acceptors (Lipinski definition) is 18. The third-order valence-corrected chi connectivity index (χ3v) is 10.1. The Balaban J connectivity index is 1.36. The van der Waals surface area contributed by atoms with Crippen LogP contribution in [0, 0.1) is 0 Å². The number of imidazole rings is 1. The number of aromatic amines is 1. The number of carbonyl (C=O) groups excluding carboxylic acids is 1. The minimum Gasteiger partial charge on any atom is -0.493 e. The van der Waals surface area contributed by atoms with Crippen molar-refractivity contribution >= 4 is 47.2 Å². The number of nitrogens with one attached hydrogen (secondary N) is 1. The molecule has 47 heavy (non-hydrogen) atoms. The number of rotatable bonds is 13. The fraction of sp³-hybridized carbons (Fsp3) is 0.520. The Hall–Kier alpha value is -3.98. The summed E-state index contributed by atoms with van der Waals surface area (Å²) >= 11 is 0.453. The molecule has 5 rings (SSSR count). The Morgan fingerprint density at radius 2 is 2.06 bits per heavy atom. The smallest absolute Gasteiger partial charge is 0.493 e. The predicted octanol–water partition coefficient (Wildman–Crippen LogP) is 0.533. The topological polar surface area (TPSA) is 264 Å². The van der Waals surface area contributed by atoms with Crippen LogP contribution in [-0.4, -0.2) is 102 Å². The van der Waals surface area contributed by atoms with Gasteiger partial charge in [-0.3, -0.25) is 23.4 Å². The monoisotopic (exact) mass is 701 g/mol. The van der Waals surface area contributed by atoms with Crippen molar-refractivity contribution in [2.45, 2.75) is 57.0 Å². The van der Waals surface area contributed by atoms with Crippen LogP contribution in [0.3, 0.4) is 0 Å². The molecule has 0 saturated carbocycles. The van der Waals surface area contributed by atoms with Gasteiger partial charge in [0.2, 0.25) is 5.88 Å². The Bertz CT molecular complexity index is 1800. The summed E-state index contributed by atoms with van der Waals surface area (Å²) in [6.07, 6.45) is -3.18. The molecule has 0 bridgehead atoms. The van der Waals surface area contributed by atoms with E-state index in [0.29, 0.717) is 22.5 Å². The first-order chi connectivity index (χ1) is 22.4. The van der Waals surface area contributed by atoms with Crippen LogP contribution in [0.25, 0.3) is 17.0 Å². The molecular formula is C25H32N7O13PS. The molecule has 5 heterocycles. The zero-order chi connectivity index (χ0) is 33.9. The van der Waals surface area contributed by atoms with Gasteiger partial charge in [0.1, 0.15) is 24.2 Å². The standard InChI is InChI=1S/C25H32N7O13PS/c1-12(2)42-25(37)40-11-47-46(38,45-19-14(7-33)44-23(20(19)39-3)31-5-4-16(35)30-24(31)36)41-8-15-13(34)6-17(43-15)32-10-29-18-21(26)27-9-28-22(18)32/h4-5,9-10,12-15,17,19,33-34H,6-8,11H2,1-3H3,(H2,26,27,28)(H,30,35,36)/t13?,14-,15-,17?,19?,46+/m1/s1. The van der Waals surface area contributed by atoms with E-state index in [2.05, 4.69) is 19.9 Å². The lowest BCUT2D eigenvalue weighted by Gasteiger charge is -2.25. The maximum Gasteiger partial charge on any atom is 0.509 e. The van der Waals surface area contributed by atoms with Gasteiger partial charge in [-0.1, -0.05) is 0 Å². The second-order valence-electron chi connectivity index (χ2n) is 10.3. The number of nitrogens with two attached hydrogens (primary N) is 1. The van der Waals surface area contributed by atoms with Crippen LogP contribution < -0.4 is 17.0 Å². The number of carbonyl (C=O) groups is 1. The molecule has 5 N–H and O–H groups in total. The van der Waals surface area contributed by atoms with Gasteiger partial charge in [-0.25, -0.2) is 33.7 Å². The van der Waals surface area contributed by atoms with E-state index in [4.69, 9.17) is 38.5 Å². The second-order valence-corrected chi connectivity index (χ2v) is 14.3. The van der Waals surface area contributed by atoms with Gasteiger partial charge in [0.25, 0.3) is 5.56 Å². The third kappa shape index (κ3) is 7.61. The summed E-state index contributed by atoms with van der Waals surface area (Å²) in [5.41, 5.74) is 5.04. The number of aliphatic hydroxyl groups is 2. The van der Waals surface area contributed by atoms with Crippen molar-refractivity contribution in [2.24, 2.45) is 0 Å². The number of methoxy groups -OCH3 is 1. The first-order valence-corrected chi connectivity index (χ1v) is 17.1. The lowest BCUT2D eigenvalue weighted by molar-refractivity contribution is -0.0426. The van der Waals surface area contributed by atoms with E-state index < -0.39 is 80.1 Å². The summed E-state index contributed by atoms with van der Waals surface area (Å²) in [6.45, 7) is -2.36. The Kier molecular flexibility index (Phi) is 10.5. The lowest BCUT2D eigenvalue weighted by Crippen LogP contribution is -2.31. The Morgan fingerprint density at radius 1 is 1.28 bits per heavy atom. The first-order valence-electron chi connectivity index (χ1n) is 14.0. The Morgan fingerprint density at radius 3 is 2.77 bits per heavy atom. The summed E-state index contributed by atoms with van der Waals surface area (Å²) in [5, 5.41) is 20.9. The number of ether oxygens (including phenoxy) is 5. The molecule has 3 aromatic heterocycles. The van der Waals surface area contributed by atoms with E-state index >= 15 is 0 Å². The number of aromatic nitrogens is 6. The van der Waals surface area contributed by atoms with Gasteiger partial charge in [-0.15, -0.1) is 0 Å². The molecule has 0 aliphatic carbocycles. The normalized spacial score (nSPS) is 24.0. The van der Waals surface area contributed by atoms with E-state index in [1.165, 1.54) is 19.8 Å². The lowest BCUT2D eigenvalue weighted by atomic mass is 10.2. The highest BCUT2D eigenvalue weighted by Gasteiger charge is 2.46. The largest absolute Gasteiger partial charge is 0.509 e. The molecule has 256 valence electrons. The van der Waals surface area contributed by atoms with Crippen LogP contribution in [0.4, 0.5) is 10.6 Å². The number of fused-ring (bicyclic) bond motifs is 1. The van der Waals surface area contributed by atoms with E-state index in [-0.39, 0.29) is 23.9 Å². The number of hydrogen-bond donors (Lipinski definition) is 4. The molecule has 6 atom stereocenters. The SMILES string of the molecule is COC1=C(n2ccc(=O)[nH]c2=O)O[C@H](CO)C1O[P@](=O)(OC[C@H]1OC(n2cnc3c(N)ncnc32)CC1O)SCOC(=O)OC(C)C. The van der Waals surface area contributed by atoms with E-state index in [9.17, 15) is 29.2 Å². The maximum atomic E-state index is 14.2. The summed E-state index contributed by atoms with van der Waals surface area (Å²) in [7, 11) is 1.22. The highest BCUT2D eigenvalue weighted by atomic mass is 32.7. The molecule has 22 heteroatoms. The fourth-order valence-corrected chi connectivity index (χ4v) is 7.37. The van der Waals surface area contributed by atoms with E-state index in [0.717, 1.165) is 16.8 Å². The molecule has 0 spiro atoms. The minimum atomic E-state index is -4.42. The number of nitrogen functional groups attached to an aromatic ring is 1. The molecule has 20 nitrogen and oxygen atoms in total. The quantitative estimate of drug-likeness (QED) is 0.108. The highest BCUT2D eigenvalue weighted by molar-refractivity contribution is 8.55. The van der Waals surface area contributed by atoms with Crippen LogP contribution in [0.5, 0.6) is 0 Å². The molecular weight excluding hydrogens is 669 g/mol.